The third-order valence-electron chi connectivity index (χ3n) is 3.36. The Morgan fingerprint density at radius 1 is 1.43 bits per heavy atom. The largest absolute Gasteiger partial charge is 0.465 e. The quantitative estimate of drug-likeness (QED) is 0.692. The SMILES string of the molecule is COc1cc(=O)n2cccc(C)c2[n+]1Cc1cnc(C)s1. The molecule has 3 aromatic rings. The first-order valence-electron chi connectivity index (χ1n) is 6.60. The van der Waals surface area contributed by atoms with E-state index in [0.717, 1.165) is 21.1 Å². The first-order chi connectivity index (χ1) is 10.1. The van der Waals surface area contributed by atoms with Crippen LogP contribution in [0.2, 0.25) is 0 Å². The molecular weight excluding hydrogens is 286 g/mol. The first kappa shape index (κ1) is 13.8. The van der Waals surface area contributed by atoms with Crippen molar-refractivity contribution in [1.82, 2.24) is 9.38 Å². The number of aromatic nitrogens is 3. The lowest BCUT2D eigenvalue weighted by atomic mass is 10.3. The molecule has 0 fully saturated rings. The molecule has 0 N–H and O–H groups in total. The number of methoxy groups -OCH3 is 1. The number of pyridine rings is 1. The maximum Gasteiger partial charge on any atom is 0.346 e. The molecule has 0 aliphatic heterocycles. The van der Waals surface area contributed by atoms with Gasteiger partial charge in [0, 0.05) is 11.8 Å². The molecule has 0 saturated heterocycles. The minimum Gasteiger partial charge on any atom is -0.465 e. The van der Waals surface area contributed by atoms with Crippen LogP contribution in [-0.4, -0.2) is 16.5 Å². The number of thiazole rings is 1. The van der Waals surface area contributed by atoms with E-state index in [2.05, 4.69) is 4.98 Å². The fraction of sp³-hybridized carbons (Fsp3) is 0.267. The summed E-state index contributed by atoms with van der Waals surface area (Å²) in [6.45, 7) is 4.60. The fourth-order valence-electron chi connectivity index (χ4n) is 2.44. The second-order valence-corrected chi connectivity index (χ2v) is 6.16. The monoisotopic (exact) mass is 302 g/mol. The predicted molar refractivity (Wildman–Crippen MR) is 81.1 cm³/mol. The lowest BCUT2D eigenvalue weighted by Gasteiger charge is -2.08. The zero-order valence-electron chi connectivity index (χ0n) is 12.2. The summed E-state index contributed by atoms with van der Waals surface area (Å²) in [6, 6.07) is 5.38. The van der Waals surface area contributed by atoms with Crippen LogP contribution in [0.4, 0.5) is 0 Å². The van der Waals surface area contributed by atoms with Gasteiger partial charge < -0.3 is 4.74 Å². The van der Waals surface area contributed by atoms with Gasteiger partial charge >= 0.3 is 5.56 Å². The first-order valence-corrected chi connectivity index (χ1v) is 7.42. The number of ether oxygens (including phenoxy) is 1. The van der Waals surface area contributed by atoms with Gasteiger partial charge in [-0.1, -0.05) is 0 Å². The van der Waals surface area contributed by atoms with Gasteiger partial charge in [0.05, 0.1) is 23.2 Å². The molecule has 0 saturated carbocycles. The summed E-state index contributed by atoms with van der Waals surface area (Å²) in [5, 5.41) is 1.03. The molecule has 0 aliphatic rings. The van der Waals surface area contributed by atoms with E-state index in [1.54, 1.807) is 29.0 Å². The Balaban J connectivity index is 2.28. The summed E-state index contributed by atoms with van der Waals surface area (Å²) in [7, 11) is 1.58. The number of nitrogens with zero attached hydrogens (tertiary/aromatic N) is 3. The van der Waals surface area contributed by atoms with Gasteiger partial charge in [0.2, 0.25) is 0 Å². The van der Waals surface area contributed by atoms with Crippen LogP contribution >= 0.6 is 11.3 Å². The smallest absolute Gasteiger partial charge is 0.346 e. The molecule has 0 aliphatic carbocycles. The number of fused-ring (bicyclic) bond motifs is 1. The lowest BCUT2D eigenvalue weighted by molar-refractivity contribution is -0.670. The highest BCUT2D eigenvalue weighted by Crippen LogP contribution is 2.14. The van der Waals surface area contributed by atoms with Gasteiger partial charge in [0.25, 0.3) is 11.5 Å². The maximum atomic E-state index is 12.2. The van der Waals surface area contributed by atoms with Gasteiger partial charge in [-0.2, -0.15) is 8.97 Å². The van der Waals surface area contributed by atoms with Crippen LogP contribution in [0.1, 0.15) is 15.4 Å². The molecule has 0 atom stereocenters. The third kappa shape index (κ3) is 2.42. The Morgan fingerprint density at radius 3 is 2.90 bits per heavy atom. The van der Waals surface area contributed by atoms with E-state index in [-0.39, 0.29) is 5.56 Å². The summed E-state index contributed by atoms with van der Waals surface area (Å²) in [5.41, 5.74) is 1.77. The molecule has 0 amide bonds. The molecule has 6 heteroatoms. The summed E-state index contributed by atoms with van der Waals surface area (Å²) >= 11 is 1.65. The van der Waals surface area contributed by atoms with Gasteiger partial charge in [0.1, 0.15) is 12.6 Å². The molecule has 0 radical (unpaired) electrons. The zero-order valence-corrected chi connectivity index (χ0v) is 13.0. The van der Waals surface area contributed by atoms with Gasteiger partial charge in [-0.15, -0.1) is 11.3 Å². The average molecular weight is 302 g/mol. The summed E-state index contributed by atoms with van der Waals surface area (Å²) in [5.74, 6) is 0.556. The van der Waals surface area contributed by atoms with Crippen molar-refractivity contribution >= 4 is 17.0 Å². The van der Waals surface area contributed by atoms with Crippen molar-refractivity contribution in [3.63, 3.8) is 0 Å². The van der Waals surface area contributed by atoms with Crippen molar-refractivity contribution in [3.8, 4) is 5.88 Å². The standard InChI is InChI=1S/C15H16N3O2S/c1-10-5-4-6-17-13(19)7-14(20-3)18(15(10)17)9-12-8-16-11(2)21-12/h4-8H,9H2,1-3H3/q+1. The lowest BCUT2D eigenvalue weighted by Crippen LogP contribution is -2.42. The van der Waals surface area contributed by atoms with Crippen LogP contribution in [-0.2, 0) is 6.54 Å². The normalized spacial score (nSPS) is 11.0. The van der Waals surface area contributed by atoms with E-state index in [9.17, 15) is 4.79 Å². The van der Waals surface area contributed by atoms with Crippen molar-refractivity contribution in [1.29, 1.82) is 0 Å². The molecule has 3 heterocycles. The molecule has 5 nitrogen and oxygen atoms in total. The highest BCUT2D eigenvalue weighted by atomic mass is 32.1. The van der Waals surface area contributed by atoms with Crippen molar-refractivity contribution in [3.05, 3.63) is 56.4 Å². The van der Waals surface area contributed by atoms with E-state index in [1.165, 1.54) is 6.07 Å². The Hall–Kier alpha value is -2.21. The summed E-state index contributed by atoms with van der Waals surface area (Å²) in [6.07, 6.45) is 3.64. The Kier molecular flexibility index (Phi) is 3.47. The van der Waals surface area contributed by atoms with Gasteiger partial charge in [0.15, 0.2) is 0 Å². The number of hydrogen-bond acceptors (Lipinski definition) is 4. The van der Waals surface area contributed by atoms with Crippen LogP contribution in [0, 0.1) is 13.8 Å². The minimum atomic E-state index is -0.0951. The van der Waals surface area contributed by atoms with Crippen molar-refractivity contribution < 1.29 is 9.30 Å². The Bertz CT molecular complexity index is 867. The molecular formula is C15H16N3O2S+. The van der Waals surface area contributed by atoms with E-state index in [0.29, 0.717) is 12.4 Å². The topological polar surface area (TPSA) is 47.5 Å². The Morgan fingerprint density at radius 2 is 2.24 bits per heavy atom. The van der Waals surface area contributed by atoms with E-state index < -0.39 is 0 Å². The van der Waals surface area contributed by atoms with Crippen LogP contribution < -0.4 is 14.9 Å². The van der Waals surface area contributed by atoms with Crippen LogP contribution in [0.5, 0.6) is 5.88 Å². The zero-order chi connectivity index (χ0) is 15.0. The summed E-state index contributed by atoms with van der Waals surface area (Å²) < 4.78 is 9.05. The van der Waals surface area contributed by atoms with E-state index in [4.69, 9.17) is 4.74 Å². The van der Waals surface area contributed by atoms with Crippen LogP contribution in [0.25, 0.3) is 5.65 Å². The highest BCUT2D eigenvalue weighted by Gasteiger charge is 2.20. The Labute approximate surface area is 126 Å². The number of rotatable bonds is 3. The second-order valence-electron chi connectivity index (χ2n) is 4.84. The molecule has 0 aromatic carbocycles. The molecule has 108 valence electrons. The van der Waals surface area contributed by atoms with Crippen molar-refractivity contribution in [2.24, 2.45) is 0 Å². The number of aryl methyl sites for hydroxylation is 2. The van der Waals surface area contributed by atoms with Crippen LogP contribution in [0.3, 0.4) is 0 Å². The molecule has 3 aromatic heterocycles. The summed E-state index contributed by atoms with van der Waals surface area (Å²) in [4.78, 5) is 17.6. The molecule has 21 heavy (non-hydrogen) atoms. The highest BCUT2D eigenvalue weighted by molar-refractivity contribution is 7.11. The number of hydrogen-bond donors (Lipinski definition) is 0. The van der Waals surface area contributed by atoms with Crippen molar-refractivity contribution in [2.75, 3.05) is 7.11 Å². The van der Waals surface area contributed by atoms with E-state index >= 15 is 0 Å². The van der Waals surface area contributed by atoms with Crippen molar-refractivity contribution in [2.45, 2.75) is 20.4 Å². The van der Waals surface area contributed by atoms with Crippen LogP contribution in [0.15, 0.2) is 35.4 Å². The minimum absolute atomic E-state index is 0.0951. The molecule has 0 spiro atoms. The van der Waals surface area contributed by atoms with Gasteiger partial charge in [-0.05, 0) is 26.0 Å². The predicted octanol–water partition coefficient (Wildman–Crippen LogP) is 1.72. The fourth-order valence-corrected chi connectivity index (χ4v) is 3.23. The second kappa shape index (κ2) is 5.29. The molecule has 0 bridgehead atoms. The average Bonchev–Trinajstić information content (AvgIpc) is 2.87. The molecule has 3 rings (SSSR count). The third-order valence-corrected chi connectivity index (χ3v) is 4.26. The van der Waals surface area contributed by atoms with Gasteiger partial charge in [-0.25, -0.2) is 9.78 Å². The van der Waals surface area contributed by atoms with E-state index in [1.807, 2.05) is 36.7 Å². The maximum absolute atomic E-state index is 12.2. The van der Waals surface area contributed by atoms with Gasteiger partial charge in [-0.3, -0.25) is 0 Å². The molecule has 0 unspecified atom stereocenters.